The summed E-state index contributed by atoms with van der Waals surface area (Å²) in [5.41, 5.74) is 1.06. The van der Waals surface area contributed by atoms with Gasteiger partial charge in [-0.1, -0.05) is 18.2 Å². The first kappa shape index (κ1) is 18.6. The molecule has 1 aromatic heterocycles. The van der Waals surface area contributed by atoms with E-state index in [-0.39, 0.29) is 30.9 Å². The molecule has 0 spiro atoms. The lowest BCUT2D eigenvalue weighted by molar-refractivity contribution is -0.139. The van der Waals surface area contributed by atoms with Crippen molar-refractivity contribution in [2.75, 3.05) is 18.0 Å². The predicted molar refractivity (Wildman–Crippen MR) is 101 cm³/mol. The van der Waals surface area contributed by atoms with Gasteiger partial charge in [-0.25, -0.2) is 4.79 Å². The Balaban J connectivity index is 1.78. The average molecular weight is 370 g/mol. The molecule has 0 saturated carbocycles. The van der Waals surface area contributed by atoms with Crippen LogP contribution in [0.25, 0.3) is 0 Å². The largest absolute Gasteiger partial charge is 0.328 e. The summed E-state index contributed by atoms with van der Waals surface area (Å²) >= 11 is 0. The Morgan fingerprint density at radius 3 is 2.56 bits per heavy atom. The van der Waals surface area contributed by atoms with E-state index in [1.165, 1.54) is 11.1 Å². The van der Waals surface area contributed by atoms with Crippen LogP contribution in [0.1, 0.15) is 18.1 Å². The second-order valence-electron chi connectivity index (χ2n) is 6.86. The molecule has 0 unspecified atom stereocenters. The number of aryl methyl sites for hydroxylation is 2. The summed E-state index contributed by atoms with van der Waals surface area (Å²) in [7, 11) is 0. The third kappa shape index (κ3) is 3.69. The van der Waals surface area contributed by atoms with E-state index in [1.54, 1.807) is 11.8 Å². The molecule has 0 bridgehead atoms. The van der Waals surface area contributed by atoms with Crippen molar-refractivity contribution in [3.63, 3.8) is 0 Å². The van der Waals surface area contributed by atoms with E-state index in [2.05, 4.69) is 4.98 Å². The number of aromatic amines is 1. The molecule has 142 valence electrons. The zero-order chi connectivity index (χ0) is 19.7. The summed E-state index contributed by atoms with van der Waals surface area (Å²) in [4.78, 5) is 54.0. The highest BCUT2D eigenvalue weighted by molar-refractivity contribution is 5.98. The highest BCUT2D eigenvalue weighted by Gasteiger charge is 2.33. The predicted octanol–water partition coefficient (Wildman–Crippen LogP) is 0.417. The van der Waals surface area contributed by atoms with Crippen molar-refractivity contribution in [3.8, 4) is 0 Å². The lowest BCUT2D eigenvalue weighted by atomic mass is 10.1. The summed E-state index contributed by atoms with van der Waals surface area (Å²) in [6, 6.07) is 7.42. The molecule has 1 aliphatic rings. The van der Waals surface area contributed by atoms with Gasteiger partial charge in [-0.05, 0) is 32.4 Å². The Morgan fingerprint density at radius 1 is 1.15 bits per heavy atom. The van der Waals surface area contributed by atoms with Crippen LogP contribution in [0.3, 0.4) is 0 Å². The Hall–Kier alpha value is -3.16. The van der Waals surface area contributed by atoms with Crippen LogP contribution < -0.4 is 16.1 Å². The number of aromatic nitrogens is 2. The maximum atomic E-state index is 12.7. The minimum Gasteiger partial charge on any atom is -0.327 e. The first-order valence-corrected chi connectivity index (χ1v) is 8.73. The highest BCUT2D eigenvalue weighted by Crippen LogP contribution is 2.23. The number of hydrogen-bond donors (Lipinski definition) is 1. The molecule has 1 aromatic carbocycles. The smallest absolute Gasteiger partial charge is 0.327 e. The van der Waals surface area contributed by atoms with Gasteiger partial charge in [-0.15, -0.1) is 0 Å². The van der Waals surface area contributed by atoms with E-state index in [0.29, 0.717) is 12.1 Å². The summed E-state index contributed by atoms with van der Waals surface area (Å²) in [6.07, 6.45) is 1.36. The lowest BCUT2D eigenvalue weighted by Crippen LogP contribution is -2.58. The van der Waals surface area contributed by atoms with Crippen molar-refractivity contribution < 1.29 is 9.59 Å². The van der Waals surface area contributed by atoms with Gasteiger partial charge in [0.25, 0.3) is 5.56 Å². The molecule has 3 rings (SSSR count). The number of H-pyrrole nitrogens is 1. The number of carbonyl (C=O) groups is 2. The van der Waals surface area contributed by atoms with Gasteiger partial charge in [0.1, 0.15) is 13.1 Å². The second kappa shape index (κ2) is 7.22. The van der Waals surface area contributed by atoms with E-state index in [0.717, 1.165) is 15.8 Å². The molecule has 1 N–H and O–H groups in total. The third-order valence-corrected chi connectivity index (χ3v) is 4.81. The first-order chi connectivity index (χ1) is 12.8. The molecule has 8 heteroatoms. The molecule has 0 aliphatic carbocycles. The number of nitrogens with one attached hydrogen (secondary N) is 1. The molecule has 2 aromatic rings. The zero-order valence-corrected chi connectivity index (χ0v) is 15.6. The number of rotatable bonds is 3. The van der Waals surface area contributed by atoms with Crippen LogP contribution in [-0.4, -0.2) is 45.4 Å². The quantitative estimate of drug-likeness (QED) is 0.847. The molecule has 2 amide bonds. The summed E-state index contributed by atoms with van der Waals surface area (Å²) in [6.45, 7) is 5.48. The number of carbonyl (C=O) groups excluding carboxylic acids is 2. The van der Waals surface area contributed by atoms with Crippen LogP contribution in [0.5, 0.6) is 0 Å². The average Bonchev–Trinajstić information content (AvgIpc) is 2.62. The second-order valence-corrected chi connectivity index (χ2v) is 6.86. The van der Waals surface area contributed by atoms with Crippen LogP contribution in [0.15, 0.2) is 40.1 Å². The number of amides is 2. The summed E-state index contributed by atoms with van der Waals surface area (Å²) in [5.74, 6) is -0.505. The van der Waals surface area contributed by atoms with Gasteiger partial charge in [0.05, 0.1) is 0 Å². The van der Waals surface area contributed by atoms with Gasteiger partial charge >= 0.3 is 5.69 Å². The molecular weight excluding hydrogens is 348 g/mol. The minimum atomic E-state index is -0.642. The molecule has 27 heavy (non-hydrogen) atoms. The molecular formula is C19H22N4O4. The maximum absolute atomic E-state index is 12.7. The number of benzene rings is 1. The molecule has 0 radical (unpaired) electrons. The maximum Gasteiger partial charge on any atom is 0.328 e. The molecule has 1 fully saturated rings. The summed E-state index contributed by atoms with van der Waals surface area (Å²) < 4.78 is 1.16. The number of anilines is 1. The molecule has 1 aliphatic heterocycles. The van der Waals surface area contributed by atoms with Crippen molar-refractivity contribution in [2.24, 2.45) is 0 Å². The van der Waals surface area contributed by atoms with Gasteiger partial charge in [-0.3, -0.25) is 23.9 Å². The van der Waals surface area contributed by atoms with Gasteiger partial charge < -0.3 is 9.80 Å². The summed E-state index contributed by atoms with van der Waals surface area (Å²) in [5, 5.41) is 0. The Labute approximate surface area is 156 Å². The highest BCUT2D eigenvalue weighted by atomic mass is 16.2. The zero-order valence-electron chi connectivity index (χ0n) is 15.6. The van der Waals surface area contributed by atoms with Crippen LogP contribution in [0.4, 0.5) is 5.69 Å². The van der Waals surface area contributed by atoms with Crippen LogP contribution in [0.2, 0.25) is 0 Å². The van der Waals surface area contributed by atoms with Crippen molar-refractivity contribution in [1.29, 1.82) is 0 Å². The van der Waals surface area contributed by atoms with E-state index in [1.807, 2.05) is 38.1 Å². The van der Waals surface area contributed by atoms with E-state index < -0.39 is 11.2 Å². The first-order valence-electron chi connectivity index (χ1n) is 8.73. The Kier molecular flexibility index (Phi) is 4.98. The monoisotopic (exact) mass is 370 g/mol. The number of nitrogens with zero attached hydrogens (tertiary/aromatic N) is 3. The molecule has 8 nitrogen and oxygen atoms in total. The third-order valence-electron chi connectivity index (χ3n) is 4.81. The van der Waals surface area contributed by atoms with Crippen molar-refractivity contribution >= 4 is 17.5 Å². The lowest BCUT2D eigenvalue weighted by Gasteiger charge is -2.40. The fourth-order valence-corrected chi connectivity index (χ4v) is 3.26. The van der Waals surface area contributed by atoms with E-state index in [9.17, 15) is 19.2 Å². The minimum absolute atomic E-state index is 0.0502. The Morgan fingerprint density at radius 2 is 1.85 bits per heavy atom. The fourth-order valence-electron chi connectivity index (χ4n) is 3.26. The van der Waals surface area contributed by atoms with Gasteiger partial charge in [0.2, 0.25) is 11.8 Å². The standard InChI is InChI=1S/C19H22N4O4/c1-12-6-4-5-7-15(12)23-9-14(3)22(11-17(23)25)16(24)10-21-8-13(2)18(26)20-19(21)27/h4-8,14H,9-11H2,1-3H3,(H,20,26,27)/t14-/m1/s1. The van der Waals surface area contributed by atoms with Crippen molar-refractivity contribution in [2.45, 2.75) is 33.4 Å². The van der Waals surface area contributed by atoms with E-state index in [4.69, 9.17) is 0 Å². The van der Waals surface area contributed by atoms with Crippen molar-refractivity contribution in [3.05, 3.63) is 62.4 Å². The number of hydrogen-bond acceptors (Lipinski definition) is 4. The van der Waals surface area contributed by atoms with Crippen LogP contribution in [0, 0.1) is 13.8 Å². The van der Waals surface area contributed by atoms with Gasteiger partial charge in [0.15, 0.2) is 0 Å². The normalized spacial score (nSPS) is 17.3. The molecule has 2 heterocycles. The van der Waals surface area contributed by atoms with Gasteiger partial charge in [-0.2, -0.15) is 0 Å². The number of piperazine rings is 1. The van der Waals surface area contributed by atoms with Gasteiger partial charge in [0, 0.05) is 30.0 Å². The molecule has 1 atom stereocenters. The fraction of sp³-hybridized carbons (Fsp3) is 0.368. The molecule has 1 saturated heterocycles. The topological polar surface area (TPSA) is 95.5 Å². The van der Waals surface area contributed by atoms with Crippen LogP contribution in [-0.2, 0) is 16.1 Å². The SMILES string of the molecule is Cc1ccccc1N1C[C@@H](C)N(C(=O)Cn2cc(C)c(=O)[nH]c2=O)CC1=O. The van der Waals surface area contributed by atoms with Crippen LogP contribution >= 0.6 is 0 Å². The Bertz CT molecular complexity index is 1010. The number of para-hydroxylation sites is 1. The van der Waals surface area contributed by atoms with Crippen molar-refractivity contribution in [1.82, 2.24) is 14.5 Å². The van der Waals surface area contributed by atoms with E-state index >= 15 is 0 Å².